The standard InChI is InChI=1S/C23H25FN2O3S/c1-16-11-12-17-14-18(23(27)25-21(17)13-16)15-26(19-7-3-2-4-8-19)30(28,29)22-10-6-5-9-20(22)24/h5-6,9-14,19H,2-4,7-8,15H2,1H3,(H,25,27). The molecule has 1 heterocycles. The van der Waals surface area contributed by atoms with Crippen LogP contribution >= 0.6 is 0 Å². The number of hydrogen-bond donors (Lipinski definition) is 1. The van der Waals surface area contributed by atoms with E-state index in [4.69, 9.17) is 0 Å². The number of aryl methyl sites for hydroxylation is 1. The van der Waals surface area contributed by atoms with E-state index in [2.05, 4.69) is 4.98 Å². The molecule has 7 heteroatoms. The lowest BCUT2D eigenvalue weighted by Gasteiger charge is -2.33. The van der Waals surface area contributed by atoms with Crippen molar-refractivity contribution >= 4 is 20.9 Å². The van der Waals surface area contributed by atoms with Gasteiger partial charge < -0.3 is 4.98 Å². The molecule has 5 nitrogen and oxygen atoms in total. The van der Waals surface area contributed by atoms with Gasteiger partial charge in [-0.15, -0.1) is 0 Å². The lowest BCUT2D eigenvalue weighted by atomic mass is 9.95. The van der Waals surface area contributed by atoms with Crippen LogP contribution in [0.3, 0.4) is 0 Å². The highest BCUT2D eigenvalue weighted by Gasteiger charge is 2.34. The summed E-state index contributed by atoms with van der Waals surface area (Å²) in [5.41, 5.74) is 1.77. The molecule has 1 saturated carbocycles. The zero-order valence-corrected chi connectivity index (χ0v) is 17.7. The highest BCUT2D eigenvalue weighted by atomic mass is 32.2. The average molecular weight is 429 g/mol. The van der Waals surface area contributed by atoms with Crippen molar-refractivity contribution < 1.29 is 12.8 Å². The van der Waals surface area contributed by atoms with Gasteiger partial charge >= 0.3 is 0 Å². The van der Waals surface area contributed by atoms with Crippen molar-refractivity contribution in [3.63, 3.8) is 0 Å². The first kappa shape index (κ1) is 20.8. The number of aromatic nitrogens is 1. The maximum Gasteiger partial charge on any atom is 0.252 e. The molecule has 1 fully saturated rings. The topological polar surface area (TPSA) is 70.2 Å². The molecule has 3 aromatic rings. The molecular formula is C23H25FN2O3S. The Bertz CT molecular complexity index is 1230. The summed E-state index contributed by atoms with van der Waals surface area (Å²) in [5.74, 6) is -0.777. The van der Waals surface area contributed by atoms with E-state index in [1.54, 1.807) is 6.07 Å². The SMILES string of the molecule is Cc1ccc2cc(CN(C3CCCCC3)S(=O)(=O)c3ccccc3F)c(=O)[nH]c2c1. The molecule has 2 aromatic carbocycles. The minimum Gasteiger partial charge on any atom is -0.322 e. The van der Waals surface area contributed by atoms with E-state index in [0.717, 1.165) is 36.3 Å². The van der Waals surface area contributed by atoms with E-state index < -0.39 is 15.8 Å². The number of rotatable bonds is 5. The Morgan fingerprint density at radius 1 is 1.07 bits per heavy atom. The number of aromatic amines is 1. The zero-order valence-electron chi connectivity index (χ0n) is 16.9. The molecule has 1 aliphatic rings. The Kier molecular flexibility index (Phi) is 5.75. The van der Waals surface area contributed by atoms with Crippen molar-refractivity contribution in [2.24, 2.45) is 0 Å². The third-order valence-electron chi connectivity index (χ3n) is 5.81. The van der Waals surface area contributed by atoms with E-state index in [9.17, 15) is 17.6 Å². The van der Waals surface area contributed by atoms with Gasteiger partial charge in [-0.05, 0) is 55.0 Å². The first-order chi connectivity index (χ1) is 14.4. The molecule has 0 aliphatic heterocycles. The number of hydrogen-bond acceptors (Lipinski definition) is 3. The molecule has 0 saturated heterocycles. The molecule has 0 amide bonds. The number of sulfonamides is 1. The van der Waals surface area contributed by atoms with Crippen LogP contribution in [0.4, 0.5) is 4.39 Å². The maximum atomic E-state index is 14.4. The van der Waals surface area contributed by atoms with Crippen LogP contribution in [0.5, 0.6) is 0 Å². The predicted octanol–water partition coefficient (Wildman–Crippen LogP) is 4.50. The van der Waals surface area contributed by atoms with Crippen molar-refractivity contribution in [1.29, 1.82) is 0 Å². The first-order valence-electron chi connectivity index (χ1n) is 10.3. The Hall–Kier alpha value is -2.51. The molecule has 0 spiro atoms. The van der Waals surface area contributed by atoms with Gasteiger partial charge in [-0.3, -0.25) is 4.79 Å². The molecule has 1 aromatic heterocycles. The summed E-state index contributed by atoms with van der Waals surface area (Å²) in [7, 11) is -4.10. The minimum absolute atomic E-state index is 0.0829. The lowest BCUT2D eigenvalue weighted by molar-refractivity contribution is 0.246. The van der Waals surface area contributed by atoms with Crippen molar-refractivity contribution in [2.75, 3.05) is 0 Å². The van der Waals surface area contributed by atoms with Crippen LogP contribution < -0.4 is 5.56 Å². The van der Waals surface area contributed by atoms with Crippen molar-refractivity contribution in [3.05, 3.63) is 75.8 Å². The van der Waals surface area contributed by atoms with Crippen LogP contribution in [0, 0.1) is 12.7 Å². The number of nitrogens with zero attached hydrogens (tertiary/aromatic N) is 1. The molecule has 0 radical (unpaired) electrons. The minimum atomic E-state index is -4.10. The smallest absolute Gasteiger partial charge is 0.252 e. The largest absolute Gasteiger partial charge is 0.322 e. The monoisotopic (exact) mass is 428 g/mol. The van der Waals surface area contributed by atoms with Gasteiger partial charge in [-0.1, -0.05) is 43.5 Å². The molecule has 158 valence electrons. The number of benzene rings is 2. The fourth-order valence-corrected chi connectivity index (χ4v) is 5.94. The maximum absolute atomic E-state index is 14.4. The number of nitrogens with one attached hydrogen (secondary N) is 1. The van der Waals surface area contributed by atoms with Gasteiger partial charge in [0.05, 0.1) is 0 Å². The number of fused-ring (bicyclic) bond motifs is 1. The van der Waals surface area contributed by atoms with Crippen molar-refractivity contribution in [2.45, 2.75) is 56.5 Å². The van der Waals surface area contributed by atoms with E-state index in [0.29, 0.717) is 23.9 Å². The summed E-state index contributed by atoms with van der Waals surface area (Å²) >= 11 is 0. The van der Waals surface area contributed by atoms with Crippen LogP contribution in [0.2, 0.25) is 0 Å². The Morgan fingerprint density at radius 3 is 2.53 bits per heavy atom. The van der Waals surface area contributed by atoms with E-state index >= 15 is 0 Å². The zero-order chi connectivity index (χ0) is 21.3. The lowest BCUT2D eigenvalue weighted by Crippen LogP contribution is -2.42. The van der Waals surface area contributed by atoms with Gasteiger partial charge in [0.15, 0.2) is 0 Å². The summed E-state index contributed by atoms with van der Waals surface area (Å²) < 4.78 is 42.6. The third kappa shape index (κ3) is 4.04. The third-order valence-corrected chi connectivity index (χ3v) is 7.74. The average Bonchev–Trinajstić information content (AvgIpc) is 2.73. The van der Waals surface area contributed by atoms with Gasteiger partial charge in [0, 0.05) is 23.7 Å². The highest BCUT2D eigenvalue weighted by Crippen LogP contribution is 2.30. The van der Waals surface area contributed by atoms with Crippen molar-refractivity contribution in [1.82, 2.24) is 9.29 Å². The molecule has 1 N–H and O–H groups in total. The van der Waals surface area contributed by atoms with Gasteiger partial charge in [0.2, 0.25) is 10.0 Å². The van der Waals surface area contributed by atoms with E-state index in [-0.39, 0.29) is 23.0 Å². The molecule has 4 rings (SSSR count). The second kappa shape index (κ2) is 8.32. The summed E-state index contributed by atoms with van der Waals surface area (Å²) in [4.78, 5) is 15.3. The Morgan fingerprint density at radius 2 is 1.80 bits per heavy atom. The van der Waals surface area contributed by atoms with Gasteiger partial charge in [0.25, 0.3) is 5.56 Å². The normalized spacial score (nSPS) is 15.7. The van der Waals surface area contributed by atoms with Crippen LogP contribution in [0.1, 0.15) is 43.2 Å². The molecule has 0 bridgehead atoms. The quantitative estimate of drug-likeness (QED) is 0.651. The summed E-state index contributed by atoms with van der Waals surface area (Å²) in [6.45, 7) is 1.86. The second-order valence-corrected chi connectivity index (χ2v) is 9.85. The van der Waals surface area contributed by atoms with Gasteiger partial charge in [-0.2, -0.15) is 4.31 Å². The van der Waals surface area contributed by atoms with Crippen LogP contribution in [-0.2, 0) is 16.6 Å². The molecule has 30 heavy (non-hydrogen) atoms. The fourth-order valence-electron chi connectivity index (χ4n) is 4.21. The number of halogens is 1. The van der Waals surface area contributed by atoms with Crippen LogP contribution in [-0.4, -0.2) is 23.7 Å². The van der Waals surface area contributed by atoms with Crippen molar-refractivity contribution in [3.8, 4) is 0 Å². The van der Waals surface area contributed by atoms with E-state index in [1.165, 1.54) is 22.5 Å². The van der Waals surface area contributed by atoms with Crippen LogP contribution in [0.25, 0.3) is 10.9 Å². The van der Waals surface area contributed by atoms with Crippen LogP contribution in [0.15, 0.2) is 58.2 Å². The molecular weight excluding hydrogens is 403 g/mol. The summed E-state index contributed by atoms with van der Waals surface area (Å²) in [6.07, 6.45) is 4.30. The molecule has 0 atom stereocenters. The summed E-state index contributed by atoms with van der Waals surface area (Å²) in [6, 6.07) is 12.6. The molecule has 1 aliphatic carbocycles. The highest BCUT2D eigenvalue weighted by molar-refractivity contribution is 7.89. The van der Waals surface area contributed by atoms with E-state index in [1.807, 2.05) is 25.1 Å². The Balaban J connectivity index is 1.78. The number of pyridine rings is 1. The summed E-state index contributed by atoms with van der Waals surface area (Å²) in [5, 5.41) is 0.835. The fraction of sp³-hybridized carbons (Fsp3) is 0.348. The first-order valence-corrected chi connectivity index (χ1v) is 11.7. The second-order valence-electron chi connectivity index (χ2n) is 7.99. The van der Waals surface area contributed by atoms with Gasteiger partial charge in [-0.25, -0.2) is 12.8 Å². The van der Waals surface area contributed by atoms with Gasteiger partial charge in [0.1, 0.15) is 10.7 Å². The molecule has 0 unspecified atom stereocenters. The number of H-pyrrole nitrogens is 1. The Labute approximate surface area is 175 Å². The predicted molar refractivity (Wildman–Crippen MR) is 115 cm³/mol.